The van der Waals surface area contributed by atoms with Crippen LogP contribution in [-0.2, 0) is 10.0 Å². The number of sulfonamides is 1. The predicted molar refractivity (Wildman–Crippen MR) is 88.9 cm³/mol. The average molecular weight is 345 g/mol. The van der Waals surface area contributed by atoms with Gasteiger partial charge in [-0.15, -0.1) is 0 Å². The van der Waals surface area contributed by atoms with E-state index in [1.54, 1.807) is 12.1 Å². The molecular weight excluding hydrogens is 324 g/mol. The maximum absolute atomic E-state index is 12.6. The molecule has 2 rings (SSSR count). The lowest BCUT2D eigenvalue weighted by Gasteiger charge is -2.25. The number of carbonyl (C=O) groups is 1. The molecule has 5 nitrogen and oxygen atoms in total. The van der Waals surface area contributed by atoms with Crippen LogP contribution in [0.5, 0.6) is 0 Å². The van der Waals surface area contributed by atoms with Crippen molar-refractivity contribution in [3.63, 3.8) is 0 Å². The molecule has 7 heteroatoms. The van der Waals surface area contributed by atoms with Crippen LogP contribution >= 0.6 is 11.6 Å². The molecule has 0 saturated carbocycles. The number of hydrogen-bond acceptors (Lipinski definition) is 3. The van der Waals surface area contributed by atoms with Gasteiger partial charge in [-0.2, -0.15) is 0 Å². The third kappa shape index (κ3) is 4.88. The summed E-state index contributed by atoms with van der Waals surface area (Å²) >= 11 is 5.99. The highest BCUT2D eigenvalue weighted by Gasteiger charge is 2.18. The summed E-state index contributed by atoms with van der Waals surface area (Å²) < 4.78 is 25.0. The molecule has 22 heavy (non-hydrogen) atoms. The van der Waals surface area contributed by atoms with Gasteiger partial charge in [-0.25, -0.2) is 8.42 Å². The molecule has 0 atom stereocenters. The van der Waals surface area contributed by atoms with Gasteiger partial charge in [0.15, 0.2) is 0 Å². The van der Waals surface area contributed by atoms with E-state index in [1.165, 1.54) is 12.5 Å². The molecule has 0 bridgehead atoms. The quantitative estimate of drug-likeness (QED) is 0.916. The number of benzene rings is 1. The summed E-state index contributed by atoms with van der Waals surface area (Å²) in [5.41, 5.74) is 0.693. The highest BCUT2D eigenvalue weighted by Crippen LogP contribution is 2.25. The lowest BCUT2D eigenvalue weighted by atomic mass is 10.1. The predicted octanol–water partition coefficient (Wildman–Crippen LogP) is 3.12. The Morgan fingerprint density at radius 3 is 2.32 bits per heavy atom. The summed E-state index contributed by atoms with van der Waals surface area (Å²) in [7, 11) is -3.44. The van der Waals surface area contributed by atoms with Gasteiger partial charge in [0.2, 0.25) is 10.0 Å². The zero-order valence-electron chi connectivity index (χ0n) is 12.6. The summed E-state index contributed by atoms with van der Waals surface area (Å²) in [6.45, 7) is 1.49. The van der Waals surface area contributed by atoms with Crippen molar-refractivity contribution in [3.05, 3.63) is 28.8 Å². The van der Waals surface area contributed by atoms with E-state index in [-0.39, 0.29) is 16.6 Å². The lowest BCUT2D eigenvalue weighted by molar-refractivity contribution is 0.0742. The van der Waals surface area contributed by atoms with Gasteiger partial charge in [0, 0.05) is 18.7 Å². The fourth-order valence-corrected chi connectivity index (χ4v) is 3.36. The standard InChI is InChI=1S/C15H21ClN2O3S/c1-22(20,21)17-14-11-12(7-8-13(14)16)15(19)18-9-5-3-2-4-6-10-18/h7-8,11,17H,2-6,9-10H2,1H3. The fourth-order valence-electron chi connectivity index (χ4n) is 2.57. The van der Waals surface area contributed by atoms with Crippen molar-refractivity contribution >= 4 is 33.2 Å². The number of hydrogen-bond donors (Lipinski definition) is 1. The minimum atomic E-state index is -3.44. The van der Waals surface area contributed by atoms with E-state index in [2.05, 4.69) is 4.72 Å². The highest BCUT2D eigenvalue weighted by molar-refractivity contribution is 7.92. The molecule has 1 saturated heterocycles. The van der Waals surface area contributed by atoms with Gasteiger partial charge in [0.05, 0.1) is 17.0 Å². The Bertz CT molecular complexity index is 638. The Kier molecular flexibility index (Phi) is 5.69. The number of anilines is 1. The molecule has 122 valence electrons. The first kappa shape index (κ1) is 17.1. The Morgan fingerprint density at radius 2 is 1.73 bits per heavy atom. The topological polar surface area (TPSA) is 66.5 Å². The molecule has 0 unspecified atom stereocenters. The first-order chi connectivity index (χ1) is 10.4. The van der Waals surface area contributed by atoms with E-state index in [4.69, 9.17) is 11.6 Å². The van der Waals surface area contributed by atoms with E-state index in [9.17, 15) is 13.2 Å². The van der Waals surface area contributed by atoms with Crippen LogP contribution in [0.25, 0.3) is 0 Å². The molecule has 1 amide bonds. The Morgan fingerprint density at radius 1 is 1.14 bits per heavy atom. The molecule has 0 aromatic heterocycles. The molecule has 0 radical (unpaired) electrons. The second kappa shape index (κ2) is 7.33. The average Bonchev–Trinajstić information content (AvgIpc) is 2.39. The molecule has 0 aliphatic carbocycles. The second-order valence-corrected chi connectivity index (χ2v) is 7.78. The van der Waals surface area contributed by atoms with Gasteiger partial charge in [0.25, 0.3) is 5.91 Å². The molecule has 1 fully saturated rings. The lowest BCUT2D eigenvalue weighted by Crippen LogP contribution is -2.33. The fraction of sp³-hybridized carbons (Fsp3) is 0.533. The smallest absolute Gasteiger partial charge is 0.253 e. The molecule has 1 aliphatic heterocycles. The van der Waals surface area contributed by atoms with Crippen LogP contribution in [0.3, 0.4) is 0 Å². The van der Waals surface area contributed by atoms with Crippen LogP contribution in [0.1, 0.15) is 42.5 Å². The summed E-state index contributed by atoms with van der Waals surface area (Å²) in [4.78, 5) is 14.4. The van der Waals surface area contributed by atoms with E-state index < -0.39 is 10.0 Å². The van der Waals surface area contributed by atoms with Crippen molar-refractivity contribution in [2.75, 3.05) is 24.1 Å². The SMILES string of the molecule is CS(=O)(=O)Nc1cc(C(=O)N2CCCCCCC2)ccc1Cl. The van der Waals surface area contributed by atoms with Crippen LogP contribution in [0.2, 0.25) is 5.02 Å². The largest absolute Gasteiger partial charge is 0.339 e. The van der Waals surface area contributed by atoms with Gasteiger partial charge >= 0.3 is 0 Å². The van der Waals surface area contributed by atoms with Gasteiger partial charge in [0.1, 0.15) is 0 Å². The van der Waals surface area contributed by atoms with Crippen molar-refractivity contribution in [2.45, 2.75) is 32.1 Å². The molecule has 1 aromatic rings. The number of likely N-dealkylation sites (tertiary alicyclic amines) is 1. The summed E-state index contributed by atoms with van der Waals surface area (Å²) in [6, 6.07) is 4.69. The number of carbonyl (C=O) groups excluding carboxylic acids is 1. The number of nitrogens with zero attached hydrogens (tertiary/aromatic N) is 1. The van der Waals surface area contributed by atoms with Crippen molar-refractivity contribution in [1.29, 1.82) is 0 Å². The number of halogens is 1. The van der Waals surface area contributed by atoms with Crippen molar-refractivity contribution in [2.24, 2.45) is 0 Å². The van der Waals surface area contributed by atoms with E-state index >= 15 is 0 Å². The zero-order chi connectivity index (χ0) is 16.2. The first-order valence-corrected chi connectivity index (χ1v) is 9.70. The van der Waals surface area contributed by atoms with Gasteiger partial charge in [-0.05, 0) is 31.0 Å². The summed E-state index contributed by atoms with van der Waals surface area (Å²) in [5, 5.41) is 0.273. The van der Waals surface area contributed by atoms with Gasteiger partial charge < -0.3 is 4.90 Å². The monoisotopic (exact) mass is 344 g/mol. The molecule has 1 N–H and O–H groups in total. The molecule has 1 aliphatic rings. The van der Waals surface area contributed by atoms with Crippen LogP contribution in [0.4, 0.5) is 5.69 Å². The molecule has 0 spiro atoms. The highest BCUT2D eigenvalue weighted by atomic mass is 35.5. The Hall–Kier alpha value is -1.27. The van der Waals surface area contributed by atoms with Crippen LogP contribution in [0.15, 0.2) is 18.2 Å². The van der Waals surface area contributed by atoms with Gasteiger partial charge in [-0.1, -0.05) is 30.9 Å². The van der Waals surface area contributed by atoms with Crippen molar-refractivity contribution < 1.29 is 13.2 Å². The minimum absolute atomic E-state index is 0.0740. The maximum atomic E-state index is 12.6. The summed E-state index contributed by atoms with van der Waals surface area (Å²) in [5.74, 6) is -0.0740. The van der Waals surface area contributed by atoms with Crippen LogP contribution < -0.4 is 4.72 Å². The minimum Gasteiger partial charge on any atom is -0.339 e. The molecule has 1 aromatic carbocycles. The third-order valence-electron chi connectivity index (χ3n) is 3.65. The Labute approximate surface area is 136 Å². The van der Waals surface area contributed by atoms with Gasteiger partial charge in [-0.3, -0.25) is 9.52 Å². The first-order valence-electron chi connectivity index (χ1n) is 7.43. The van der Waals surface area contributed by atoms with Crippen molar-refractivity contribution in [1.82, 2.24) is 4.90 Å². The summed E-state index contributed by atoms with van der Waals surface area (Å²) in [6.07, 6.45) is 6.58. The van der Waals surface area contributed by atoms with E-state index in [0.29, 0.717) is 5.56 Å². The molecular formula is C15H21ClN2O3S. The Balaban J connectivity index is 2.20. The van der Waals surface area contributed by atoms with Crippen molar-refractivity contribution in [3.8, 4) is 0 Å². The number of nitrogens with one attached hydrogen (secondary N) is 1. The maximum Gasteiger partial charge on any atom is 0.253 e. The zero-order valence-corrected chi connectivity index (χ0v) is 14.2. The van der Waals surface area contributed by atoms with Crippen LogP contribution in [-0.4, -0.2) is 38.6 Å². The number of amides is 1. The number of rotatable bonds is 3. The van der Waals surface area contributed by atoms with E-state index in [0.717, 1.165) is 45.0 Å². The van der Waals surface area contributed by atoms with E-state index in [1.807, 2.05) is 4.90 Å². The third-order valence-corrected chi connectivity index (χ3v) is 4.57. The second-order valence-electron chi connectivity index (χ2n) is 5.63. The normalized spacial score (nSPS) is 16.7. The van der Waals surface area contributed by atoms with Crippen LogP contribution in [0, 0.1) is 0 Å². The molecule has 1 heterocycles.